The second-order valence-electron chi connectivity index (χ2n) is 8.02. The number of piperidine rings is 1. The van der Waals surface area contributed by atoms with Crippen molar-refractivity contribution in [2.45, 2.75) is 38.4 Å². The fourth-order valence-electron chi connectivity index (χ4n) is 4.03. The monoisotopic (exact) mass is 443 g/mol. The second kappa shape index (κ2) is 10.6. The SMILES string of the molecule is C=CC1=C(C=C)CNCC1.CC1OC(=O)Nc2cc(C(=O)N3CCCC(O)C3)c(F)cc21. The van der Waals surface area contributed by atoms with E-state index in [-0.39, 0.29) is 12.1 Å². The molecular formula is C24H30FN3O4. The first-order valence-corrected chi connectivity index (χ1v) is 10.8. The number of halogens is 1. The van der Waals surface area contributed by atoms with Gasteiger partial charge in [-0.2, -0.15) is 0 Å². The van der Waals surface area contributed by atoms with Gasteiger partial charge in [0.2, 0.25) is 0 Å². The molecule has 3 aliphatic rings. The number of hydrogen-bond donors (Lipinski definition) is 3. The number of fused-ring (bicyclic) bond motifs is 1. The van der Waals surface area contributed by atoms with Crippen LogP contribution in [0, 0.1) is 5.82 Å². The molecule has 8 heteroatoms. The summed E-state index contributed by atoms with van der Waals surface area (Å²) in [5.41, 5.74) is 3.40. The van der Waals surface area contributed by atoms with Crippen molar-refractivity contribution >= 4 is 17.7 Å². The van der Waals surface area contributed by atoms with Crippen LogP contribution in [0.4, 0.5) is 14.9 Å². The molecule has 1 aromatic carbocycles. The molecule has 1 fully saturated rings. The fourth-order valence-corrected chi connectivity index (χ4v) is 4.03. The van der Waals surface area contributed by atoms with Crippen LogP contribution in [0.25, 0.3) is 0 Å². The van der Waals surface area contributed by atoms with E-state index >= 15 is 0 Å². The lowest BCUT2D eigenvalue weighted by Crippen LogP contribution is -2.42. The van der Waals surface area contributed by atoms with Crippen molar-refractivity contribution in [2.24, 2.45) is 0 Å². The summed E-state index contributed by atoms with van der Waals surface area (Å²) in [6.07, 6.45) is 4.47. The van der Waals surface area contributed by atoms with Crippen LogP contribution in [-0.4, -0.2) is 54.3 Å². The molecule has 0 radical (unpaired) electrons. The molecule has 0 bridgehead atoms. The Hall–Kier alpha value is -2.97. The molecular weight excluding hydrogens is 413 g/mol. The highest BCUT2D eigenvalue weighted by Gasteiger charge is 2.29. The minimum absolute atomic E-state index is 0.109. The number of amides is 2. The Morgan fingerprint density at radius 1 is 1.31 bits per heavy atom. The molecule has 0 spiro atoms. The molecule has 3 N–H and O–H groups in total. The van der Waals surface area contributed by atoms with E-state index in [9.17, 15) is 19.1 Å². The zero-order chi connectivity index (χ0) is 23.3. The number of β-amino-alcohol motifs (C(OH)–C–C–N with tert-alkyl or cyclic N) is 1. The zero-order valence-corrected chi connectivity index (χ0v) is 18.3. The van der Waals surface area contributed by atoms with Crippen molar-refractivity contribution in [3.8, 4) is 0 Å². The number of hydrogen-bond acceptors (Lipinski definition) is 5. The average Bonchev–Trinajstić information content (AvgIpc) is 2.79. The van der Waals surface area contributed by atoms with Crippen molar-refractivity contribution in [1.82, 2.24) is 10.2 Å². The Morgan fingerprint density at radius 3 is 2.72 bits per heavy atom. The summed E-state index contributed by atoms with van der Waals surface area (Å²) < 4.78 is 19.2. The summed E-state index contributed by atoms with van der Waals surface area (Å²) in [5, 5.41) is 15.4. The van der Waals surface area contributed by atoms with E-state index in [0.29, 0.717) is 30.6 Å². The number of allylic oxidation sites excluding steroid dienone is 1. The standard InChI is InChI=1S/C15H17FN2O4.C9H13N/c1-8-10-5-12(16)11(6-13(10)17-15(21)22-8)14(20)18-4-2-3-9(19)7-18;1-3-8-5-6-10-7-9(8)4-2/h5-6,8-9,19H,2-4,7H2,1H3,(H,17,21);3-4,10H,1-2,5-7H2. The second-order valence-corrected chi connectivity index (χ2v) is 8.02. The smallest absolute Gasteiger partial charge is 0.412 e. The number of carbonyl (C=O) groups excluding carboxylic acids is 2. The highest BCUT2D eigenvalue weighted by molar-refractivity contribution is 5.97. The zero-order valence-electron chi connectivity index (χ0n) is 18.3. The van der Waals surface area contributed by atoms with Crippen LogP contribution >= 0.6 is 0 Å². The first-order chi connectivity index (χ1) is 15.3. The molecule has 4 rings (SSSR count). The minimum atomic E-state index is -0.657. The van der Waals surface area contributed by atoms with Crippen LogP contribution in [0.5, 0.6) is 0 Å². The van der Waals surface area contributed by atoms with Gasteiger partial charge < -0.3 is 20.1 Å². The van der Waals surface area contributed by atoms with Crippen LogP contribution in [0.2, 0.25) is 0 Å². The van der Waals surface area contributed by atoms with Gasteiger partial charge in [-0.05, 0) is 56.0 Å². The number of nitrogens with one attached hydrogen (secondary N) is 2. The van der Waals surface area contributed by atoms with Gasteiger partial charge in [-0.15, -0.1) is 0 Å². The molecule has 32 heavy (non-hydrogen) atoms. The summed E-state index contributed by atoms with van der Waals surface area (Å²) in [4.78, 5) is 25.3. The maximum absolute atomic E-state index is 14.3. The van der Waals surface area contributed by atoms with E-state index in [1.54, 1.807) is 6.92 Å². The number of aliphatic hydroxyl groups excluding tert-OH is 1. The maximum Gasteiger partial charge on any atom is 0.412 e. The third-order valence-electron chi connectivity index (χ3n) is 5.80. The van der Waals surface area contributed by atoms with Gasteiger partial charge in [-0.25, -0.2) is 9.18 Å². The predicted molar refractivity (Wildman–Crippen MR) is 121 cm³/mol. The van der Waals surface area contributed by atoms with Crippen molar-refractivity contribution in [1.29, 1.82) is 0 Å². The van der Waals surface area contributed by atoms with Gasteiger partial charge >= 0.3 is 6.09 Å². The highest BCUT2D eigenvalue weighted by Crippen LogP contribution is 2.33. The summed E-state index contributed by atoms with van der Waals surface area (Å²) in [6.45, 7) is 11.8. The first-order valence-electron chi connectivity index (χ1n) is 10.8. The summed E-state index contributed by atoms with van der Waals surface area (Å²) in [6, 6.07) is 2.55. The van der Waals surface area contributed by atoms with Gasteiger partial charge in [0, 0.05) is 25.2 Å². The van der Waals surface area contributed by atoms with Crippen molar-refractivity contribution in [3.05, 3.63) is 65.5 Å². The Bertz CT molecular complexity index is 923. The van der Waals surface area contributed by atoms with Gasteiger partial charge in [0.15, 0.2) is 0 Å². The lowest BCUT2D eigenvalue weighted by molar-refractivity contribution is 0.0469. The predicted octanol–water partition coefficient (Wildman–Crippen LogP) is 3.69. The molecule has 2 amide bonds. The molecule has 0 aromatic heterocycles. The van der Waals surface area contributed by atoms with Crippen LogP contribution in [0.3, 0.4) is 0 Å². The van der Waals surface area contributed by atoms with Crippen molar-refractivity contribution in [2.75, 3.05) is 31.5 Å². The number of aliphatic hydroxyl groups is 1. The Kier molecular flexibility index (Phi) is 7.82. The Labute approximate surface area is 187 Å². The number of rotatable bonds is 3. The molecule has 1 saturated heterocycles. The largest absolute Gasteiger partial charge is 0.441 e. The molecule has 1 aromatic rings. The quantitative estimate of drug-likeness (QED) is 0.663. The van der Waals surface area contributed by atoms with E-state index in [0.717, 1.165) is 19.5 Å². The van der Waals surface area contributed by atoms with Crippen LogP contribution in [0.1, 0.15) is 48.2 Å². The topological polar surface area (TPSA) is 90.9 Å². The summed E-state index contributed by atoms with van der Waals surface area (Å²) in [7, 11) is 0. The maximum atomic E-state index is 14.3. The number of likely N-dealkylation sites (tertiary alicyclic amines) is 1. The molecule has 0 aliphatic carbocycles. The first kappa shape index (κ1) is 23.7. The summed E-state index contributed by atoms with van der Waals surface area (Å²) in [5.74, 6) is -1.14. The molecule has 3 heterocycles. The Morgan fingerprint density at radius 2 is 2.06 bits per heavy atom. The lowest BCUT2D eigenvalue weighted by atomic mass is 10.0. The number of carbonyl (C=O) groups is 2. The van der Waals surface area contributed by atoms with Crippen molar-refractivity contribution < 1.29 is 23.8 Å². The highest BCUT2D eigenvalue weighted by atomic mass is 19.1. The van der Waals surface area contributed by atoms with Crippen LogP contribution < -0.4 is 10.6 Å². The van der Waals surface area contributed by atoms with E-state index in [2.05, 4.69) is 23.8 Å². The molecule has 2 atom stereocenters. The average molecular weight is 444 g/mol. The minimum Gasteiger partial charge on any atom is -0.441 e. The fraction of sp³-hybridized carbons (Fsp3) is 0.417. The molecule has 2 unspecified atom stereocenters. The van der Waals surface area contributed by atoms with Gasteiger partial charge in [0.25, 0.3) is 5.91 Å². The van der Waals surface area contributed by atoms with E-state index in [1.807, 2.05) is 12.2 Å². The van der Waals surface area contributed by atoms with Crippen LogP contribution in [-0.2, 0) is 4.74 Å². The van der Waals surface area contributed by atoms with Gasteiger partial charge in [-0.1, -0.05) is 25.3 Å². The molecule has 172 valence electrons. The normalized spacial score (nSPS) is 22.6. The van der Waals surface area contributed by atoms with E-state index in [4.69, 9.17) is 4.74 Å². The number of anilines is 1. The number of cyclic esters (lactones) is 1. The Balaban J connectivity index is 0.000000243. The lowest BCUT2D eigenvalue weighted by Gasteiger charge is -2.31. The third-order valence-corrected chi connectivity index (χ3v) is 5.80. The van der Waals surface area contributed by atoms with Gasteiger partial charge in [0.05, 0.1) is 17.4 Å². The summed E-state index contributed by atoms with van der Waals surface area (Å²) >= 11 is 0. The van der Waals surface area contributed by atoms with Gasteiger partial charge in [-0.3, -0.25) is 10.1 Å². The molecule has 0 saturated carbocycles. The van der Waals surface area contributed by atoms with Gasteiger partial charge in [0.1, 0.15) is 11.9 Å². The number of benzene rings is 1. The third kappa shape index (κ3) is 5.44. The molecule has 7 nitrogen and oxygen atoms in total. The number of ether oxygens (including phenoxy) is 1. The molecule has 3 aliphatic heterocycles. The van der Waals surface area contributed by atoms with Crippen molar-refractivity contribution in [3.63, 3.8) is 0 Å². The number of nitrogens with zero attached hydrogens (tertiary/aromatic N) is 1. The van der Waals surface area contributed by atoms with E-state index < -0.39 is 30.0 Å². The van der Waals surface area contributed by atoms with E-state index in [1.165, 1.54) is 28.2 Å². The van der Waals surface area contributed by atoms with Crippen LogP contribution in [0.15, 0.2) is 48.6 Å².